The Kier molecular flexibility index (Phi) is 5.56. The van der Waals surface area contributed by atoms with Crippen LogP contribution in [0.25, 0.3) is 21.9 Å². The van der Waals surface area contributed by atoms with Crippen LogP contribution in [-0.4, -0.2) is 20.3 Å². The number of Topliss-reactive ketones (excluding diaryl/α,β-unsaturated/α-hetero) is 1. The van der Waals surface area contributed by atoms with Gasteiger partial charge in [-0.2, -0.15) is 0 Å². The molecule has 0 atom stereocenters. The summed E-state index contributed by atoms with van der Waals surface area (Å²) in [6.45, 7) is 2.98. The summed E-state index contributed by atoms with van der Waals surface area (Å²) in [5.41, 5.74) is 9.77. The minimum Gasteiger partial charge on any atom is -0.382 e. The average Bonchev–Trinajstić information content (AvgIpc) is 3.13. The second-order valence-corrected chi connectivity index (χ2v) is 7.34. The number of fused-ring (bicyclic) bond motifs is 3. The fourth-order valence-corrected chi connectivity index (χ4v) is 3.92. The summed E-state index contributed by atoms with van der Waals surface area (Å²) in [6.07, 6.45) is 4.33. The molecule has 0 aliphatic heterocycles. The van der Waals surface area contributed by atoms with Crippen LogP contribution in [0.5, 0.6) is 0 Å². The fraction of sp³-hybridized carbons (Fsp3) is 0.292. The van der Waals surface area contributed by atoms with Gasteiger partial charge in [0.15, 0.2) is 11.6 Å². The minimum atomic E-state index is 0.220. The van der Waals surface area contributed by atoms with Crippen molar-refractivity contribution in [3.8, 4) is 0 Å². The van der Waals surface area contributed by atoms with Crippen molar-refractivity contribution in [2.24, 2.45) is 0 Å². The Labute approximate surface area is 170 Å². The smallest absolute Gasteiger partial charge is 0.162 e. The molecule has 0 unspecified atom stereocenters. The second kappa shape index (κ2) is 8.43. The van der Waals surface area contributed by atoms with Crippen LogP contribution < -0.4 is 5.73 Å². The number of aryl methyl sites for hydroxylation is 2. The summed E-state index contributed by atoms with van der Waals surface area (Å²) < 4.78 is 2.29. The number of rotatable bonds is 8. The van der Waals surface area contributed by atoms with E-state index in [2.05, 4.69) is 22.5 Å². The maximum Gasteiger partial charge on any atom is 0.162 e. The Morgan fingerprint density at radius 3 is 2.52 bits per heavy atom. The summed E-state index contributed by atoms with van der Waals surface area (Å²) >= 11 is 0. The number of benzene rings is 2. The highest BCUT2D eigenvalue weighted by Gasteiger charge is 2.16. The van der Waals surface area contributed by atoms with Crippen molar-refractivity contribution in [3.05, 3.63) is 66.0 Å². The zero-order valence-electron chi connectivity index (χ0n) is 16.8. The number of imidazole rings is 1. The van der Waals surface area contributed by atoms with E-state index in [9.17, 15) is 4.79 Å². The normalized spacial score (nSPS) is 11.3. The van der Waals surface area contributed by atoms with Gasteiger partial charge in [0.2, 0.25) is 0 Å². The van der Waals surface area contributed by atoms with Crippen molar-refractivity contribution in [2.75, 3.05) is 5.73 Å². The van der Waals surface area contributed by atoms with Gasteiger partial charge in [-0.1, -0.05) is 61.9 Å². The number of anilines is 1. The van der Waals surface area contributed by atoms with Crippen LogP contribution in [0.3, 0.4) is 0 Å². The first-order valence-electron chi connectivity index (χ1n) is 10.3. The summed E-state index contributed by atoms with van der Waals surface area (Å²) in [4.78, 5) is 21.5. The third kappa shape index (κ3) is 3.86. The highest BCUT2D eigenvalue weighted by molar-refractivity contribution is 6.06. The van der Waals surface area contributed by atoms with Crippen LogP contribution in [0.4, 0.5) is 5.82 Å². The number of nitrogen functional groups attached to an aromatic ring is 1. The van der Waals surface area contributed by atoms with E-state index >= 15 is 0 Å². The maximum absolute atomic E-state index is 12.3. The number of carbonyl (C=O) groups is 1. The van der Waals surface area contributed by atoms with Crippen molar-refractivity contribution in [3.63, 3.8) is 0 Å². The molecule has 5 nitrogen and oxygen atoms in total. The van der Waals surface area contributed by atoms with Crippen LogP contribution >= 0.6 is 0 Å². The largest absolute Gasteiger partial charge is 0.382 e. The molecular weight excluding hydrogens is 360 g/mol. The van der Waals surface area contributed by atoms with Crippen molar-refractivity contribution in [1.29, 1.82) is 0 Å². The lowest BCUT2D eigenvalue weighted by Gasteiger charge is -2.10. The molecule has 29 heavy (non-hydrogen) atoms. The number of hydrogen-bond acceptors (Lipinski definition) is 4. The van der Waals surface area contributed by atoms with Crippen LogP contribution in [0, 0.1) is 0 Å². The third-order valence-corrected chi connectivity index (χ3v) is 5.39. The molecule has 5 heteroatoms. The van der Waals surface area contributed by atoms with Gasteiger partial charge in [0.25, 0.3) is 0 Å². The number of unbranched alkanes of at least 4 members (excludes halogenated alkanes) is 2. The fourth-order valence-electron chi connectivity index (χ4n) is 3.92. The quantitative estimate of drug-likeness (QED) is 0.335. The Bertz CT molecular complexity index is 1150. The van der Waals surface area contributed by atoms with E-state index in [1.807, 2.05) is 48.5 Å². The van der Waals surface area contributed by atoms with Crippen LogP contribution in [0.1, 0.15) is 48.8 Å². The standard InChI is InChI=1S/C24H26N4O/c1-2-21-27-22-23(18-13-8-9-14-19(18)26-24(22)25)28(21)16-10-4-7-15-20(29)17-11-5-3-6-12-17/h3,5-6,8-9,11-14H,2,4,7,10,15-16H2,1H3,(H2,25,26). The third-order valence-electron chi connectivity index (χ3n) is 5.39. The van der Waals surface area contributed by atoms with Crippen molar-refractivity contribution >= 4 is 33.5 Å². The first-order valence-corrected chi connectivity index (χ1v) is 10.3. The Morgan fingerprint density at radius 2 is 1.72 bits per heavy atom. The Balaban J connectivity index is 1.48. The highest BCUT2D eigenvalue weighted by atomic mass is 16.1. The number of nitrogens with zero attached hydrogens (tertiary/aromatic N) is 3. The molecule has 2 N–H and O–H groups in total. The monoisotopic (exact) mass is 386 g/mol. The number of ketones is 1. The number of pyridine rings is 1. The van der Waals surface area contributed by atoms with Gasteiger partial charge >= 0.3 is 0 Å². The van der Waals surface area contributed by atoms with Crippen molar-refractivity contribution < 1.29 is 4.79 Å². The molecule has 0 bridgehead atoms. The number of aromatic nitrogens is 3. The summed E-state index contributed by atoms with van der Waals surface area (Å²) in [5.74, 6) is 1.74. The van der Waals surface area contributed by atoms with Gasteiger partial charge in [0.1, 0.15) is 11.3 Å². The molecule has 4 aromatic rings. The first-order chi connectivity index (χ1) is 14.2. The van der Waals surface area contributed by atoms with Gasteiger partial charge in [-0.15, -0.1) is 0 Å². The predicted octanol–water partition coefficient (Wildman–Crippen LogP) is 5.17. The molecule has 2 aromatic heterocycles. The lowest BCUT2D eigenvalue weighted by atomic mass is 10.0. The van der Waals surface area contributed by atoms with Crippen LogP contribution in [0.15, 0.2) is 54.6 Å². The number of hydrogen-bond donors (Lipinski definition) is 1. The van der Waals surface area contributed by atoms with E-state index in [0.717, 1.165) is 65.6 Å². The lowest BCUT2D eigenvalue weighted by Crippen LogP contribution is -2.04. The van der Waals surface area contributed by atoms with Gasteiger partial charge in [0.05, 0.1) is 11.0 Å². The number of carbonyl (C=O) groups excluding carboxylic acids is 1. The molecular formula is C24H26N4O. The Hall–Kier alpha value is -3.21. The second-order valence-electron chi connectivity index (χ2n) is 7.34. The predicted molar refractivity (Wildman–Crippen MR) is 118 cm³/mol. The van der Waals surface area contributed by atoms with Gasteiger partial charge in [0, 0.05) is 30.3 Å². The molecule has 0 spiro atoms. The maximum atomic E-state index is 12.3. The molecule has 4 rings (SSSR count). The zero-order valence-corrected chi connectivity index (χ0v) is 16.8. The van der Waals surface area contributed by atoms with E-state index in [1.54, 1.807) is 0 Å². The van der Waals surface area contributed by atoms with Crippen molar-refractivity contribution in [1.82, 2.24) is 14.5 Å². The van der Waals surface area contributed by atoms with E-state index in [4.69, 9.17) is 10.7 Å². The molecule has 2 heterocycles. The minimum absolute atomic E-state index is 0.220. The van der Waals surface area contributed by atoms with E-state index in [1.165, 1.54) is 0 Å². The molecule has 2 aromatic carbocycles. The van der Waals surface area contributed by atoms with E-state index in [-0.39, 0.29) is 5.78 Å². The molecule has 0 fully saturated rings. The van der Waals surface area contributed by atoms with Gasteiger partial charge in [-0.05, 0) is 18.9 Å². The molecule has 148 valence electrons. The summed E-state index contributed by atoms with van der Waals surface area (Å²) in [6, 6.07) is 17.6. The van der Waals surface area contributed by atoms with E-state index in [0.29, 0.717) is 12.2 Å². The first kappa shape index (κ1) is 19.1. The van der Waals surface area contributed by atoms with Gasteiger partial charge in [-0.25, -0.2) is 9.97 Å². The molecule has 0 saturated carbocycles. The SMILES string of the molecule is CCc1nc2c(N)nc3ccccc3c2n1CCCCCC(=O)c1ccccc1. The topological polar surface area (TPSA) is 73.8 Å². The number of nitrogens with two attached hydrogens (primary N) is 1. The summed E-state index contributed by atoms with van der Waals surface area (Å²) in [5, 5.41) is 1.09. The molecule has 0 aliphatic carbocycles. The molecule has 0 aliphatic rings. The van der Waals surface area contributed by atoms with Gasteiger partial charge < -0.3 is 10.3 Å². The van der Waals surface area contributed by atoms with Crippen molar-refractivity contribution in [2.45, 2.75) is 45.6 Å². The number of para-hydroxylation sites is 1. The summed E-state index contributed by atoms with van der Waals surface area (Å²) in [7, 11) is 0. The van der Waals surface area contributed by atoms with Crippen LogP contribution in [-0.2, 0) is 13.0 Å². The van der Waals surface area contributed by atoms with Crippen LogP contribution in [0.2, 0.25) is 0 Å². The Morgan fingerprint density at radius 1 is 0.966 bits per heavy atom. The lowest BCUT2D eigenvalue weighted by molar-refractivity contribution is 0.0979. The average molecular weight is 386 g/mol. The van der Waals surface area contributed by atoms with Gasteiger partial charge in [-0.3, -0.25) is 4.79 Å². The highest BCUT2D eigenvalue weighted by Crippen LogP contribution is 2.29. The van der Waals surface area contributed by atoms with E-state index < -0.39 is 0 Å². The molecule has 0 amide bonds. The molecule has 0 saturated heterocycles. The zero-order chi connectivity index (χ0) is 20.2. The molecule has 0 radical (unpaired) electrons.